The maximum Gasteiger partial charge on any atom is 0.422 e. The first-order valence-electron chi connectivity index (χ1n) is 8.77. The van der Waals surface area contributed by atoms with E-state index in [9.17, 15) is 26.4 Å². The monoisotopic (exact) mass is 463 g/mol. The molecule has 2 heterocycles. The SMILES string of the molecule is O=C(c1ccc(OCC(F)(F)F)nc1)N1CCN(S(=O)(=O)c2ccccc2Cl)CC1. The van der Waals surface area contributed by atoms with Crippen molar-refractivity contribution in [3.63, 3.8) is 0 Å². The molecule has 0 radical (unpaired) electrons. The van der Waals surface area contributed by atoms with Gasteiger partial charge in [-0.05, 0) is 18.2 Å². The molecule has 0 saturated carbocycles. The topological polar surface area (TPSA) is 79.8 Å². The molecule has 1 saturated heterocycles. The van der Waals surface area contributed by atoms with Gasteiger partial charge in [0.2, 0.25) is 15.9 Å². The van der Waals surface area contributed by atoms with Gasteiger partial charge in [0.1, 0.15) is 4.90 Å². The third-order valence-electron chi connectivity index (χ3n) is 4.35. The number of hydrogen-bond acceptors (Lipinski definition) is 5. The van der Waals surface area contributed by atoms with Crippen molar-refractivity contribution in [3.05, 3.63) is 53.2 Å². The maximum atomic E-state index is 12.8. The van der Waals surface area contributed by atoms with E-state index in [4.69, 9.17) is 11.6 Å². The third kappa shape index (κ3) is 5.21. The summed E-state index contributed by atoms with van der Waals surface area (Å²) < 4.78 is 67.8. The highest BCUT2D eigenvalue weighted by Crippen LogP contribution is 2.25. The summed E-state index contributed by atoms with van der Waals surface area (Å²) >= 11 is 6.00. The number of piperazine rings is 1. The zero-order valence-electron chi connectivity index (χ0n) is 15.5. The lowest BCUT2D eigenvalue weighted by Crippen LogP contribution is -2.50. The molecule has 1 aromatic carbocycles. The Morgan fingerprint density at radius 3 is 2.33 bits per heavy atom. The second-order valence-electron chi connectivity index (χ2n) is 6.42. The zero-order valence-corrected chi connectivity index (χ0v) is 17.0. The Balaban J connectivity index is 1.61. The average Bonchev–Trinajstić information content (AvgIpc) is 2.72. The molecule has 162 valence electrons. The van der Waals surface area contributed by atoms with E-state index >= 15 is 0 Å². The Kier molecular flexibility index (Phi) is 6.53. The molecule has 0 bridgehead atoms. The van der Waals surface area contributed by atoms with Crippen molar-refractivity contribution in [2.75, 3.05) is 32.8 Å². The first-order valence-corrected chi connectivity index (χ1v) is 10.6. The summed E-state index contributed by atoms with van der Waals surface area (Å²) in [6.07, 6.45) is -3.36. The summed E-state index contributed by atoms with van der Waals surface area (Å²) in [4.78, 5) is 17.8. The van der Waals surface area contributed by atoms with E-state index in [1.807, 2.05) is 0 Å². The summed E-state index contributed by atoms with van der Waals surface area (Å²) in [5, 5.41) is 0.120. The van der Waals surface area contributed by atoms with Crippen LogP contribution in [-0.2, 0) is 10.0 Å². The van der Waals surface area contributed by atoms with Gasteiger partial charge in [-0.15, -0.1) is 0 Å². The molecule has 1 amide bonds. The molecular formula is C18H17ClF3N3O4S. The summed E-state index contributed by atoms with van der Waals surface area (Å²) in [7, 11) is -3.79. The van der Waals surface area contributed by atoms with E-state index in [1.54, 1.807) is 12.1 Å². The van der Waals surface area contributed by atoms with Crippen molar-refractivity contribution >= 4 is 27.5 Å². The van der Waals surface area contributed by atoms with Crippen LogP contribution in [0.2, 0.25) is 5.02 Å². The van der Waals surface area contributed by atoms with Crippen molar-refractivity contribution in [3.8, 4) is 5.88 Å². The van der Waals surface area contributed by atoms with Crippen LogP contribution in [0.5, 0.6) is 5.88 Å². The predicted octanol–water partition coefficient (Wildman–Crippen LogP) is 2.82. The number of carbonyl (C=O) groups excluding carboxylic acids is 1. The highest BCUT2D eigenvalue weighted by atomic mass is 35.5. The van der Waals surface area contributed by atoms with Crippen LogP contribution in [0.3, 0.4) is 0 Å². The van der Waals surface area contributed by atoms with Crippen molar-refractivity contribution in [1.82, 2.24) is 14.2 Å². The van der Waals surface area contributed by atoms with Gasteiger partial charge < -0.3 is 9.64 Å². The lowest BCUT2D eigenvalue weighted by Gasteiger charge is -2.34. The third-order valence-corrected chi connectivity index (χ3v) is 6.75. The Hall–Kier alpha value is -2.37. The summed E-state index contributed by atoms with van der Waals surface area (Å²) in [6.45, 7) is -1.02. The number of amides is 1. The molecule has 1 aromatic heterocycles. The van der Waals surface area contributed by atoms with Gasteiger partial charge in [0.05, 0.1) is 10.6 Å². The minimum Gasteiger partial charge on any atom is -0.468 e. The van der Waals surface area contributed by atoms with Crippen LogP contribution < -0.4 is 4.74 Å². The summed E-state index contributed by atoms with van der Waals surface area (Å²) in [5.74, 6) is -0.654. The van der Waals surface area contributed by atoms with E-state index in [2.05, 4.69) is 9.72 Å². The van der Waals surface area contributed by atoms with Crippen LogP contribution in [0.4, 0.5) is 13.2 Å². The molecule has 30 heavy (non-hydrogen) atoms. The normalized spacial score (nSPS) is 15.8. The Morgan fingerprint density at radius 2 is 1.77 bits per heavy atom. The van der Waals surface area contributed by atoms with Gasteiger partial charge in [-0.3, -0.25) is 4.79 Å². The number of hydrogen-bond donors (Lipinski definition) is 0. The standard InChI is InChI=1S/C18H17ClF3N3O4S/c19-14-3-1-2-4-15(14)30(27,28)25-9-7-24(8-10-25)17(26)13-5-6-16(23-11-13)29-12-18(20,21)22/h1-6,11H,7-10,12H2. The quantitative estimate of drug-likeness (QED) is 0.681. The number of pyridine rings is 1. The fourth-order valence-electron chi connectivity index (χ4n) is 2.86. The van der Waals surface area contributed by atoms with Crippen molar-refractivity contribution in [2.24, 2.45) is 0 Å². The van der Waals surface area contributed by atoms with Gasteiger partial charge in [-0.2, -0.15) is 17.5 Å². The van der Waals surface area contributed by atoms with Gasteiger partial charge in [-0.1, -0.05) is 23.7 Å². The lowest BCUT2D eigenvalue weighted by molar-refractivity contribution is -0.154. The van der Waals surface area contributed by atoms with E-state index in [-0.39, 0.29) is 47.5 Å². The number of carbonyl (C=O) groups is 1. The fourth-order valence-corrected chi connectivity index (χ4v) is 4.77. The van der Waals surface area contributed by atoms with Crippen LogP contribution in [0.1, 0.15) is 10.4 Å². The Morgan fingerprint density at radius 1 is 1.10 bits per heavy atom. The number of halogens is 4. The number of alkyl halides is 3. The minimum atomic E-state index is -4.49. The smallest absolute Gasteiger partial charge is 0.422 e. The second-order valence-corrected chi connectivity index (χ2v) is 8.73. The first kappa shape index (κ1) is 22.3. The molecule has 7 nitrogen and oxygen atoms in total. The van der Waals surface area contributed by atoms with Crippen LogP contribution in [-0.4, -0.2) is 67.5 Å². The number of sulfonamides is 1. The van der Waals surface area contributed by atoms with Crippen molar-refractivity contribution < 1.29 is 31.1 Å². The molecule has 0 spiro atoms. The number of aromatic nitrogens is 1. The van der Waals surface area contributed by atoms with Crippen LogP contribution in [0.25, 0.3) is 0 Å². The van der Waals surface area contributed by atoms with E-state index < -0.39 is 28.7 Å². The number of ether oxygens (including phenoxy) is 1. The highest BCUT2D eigenvalue weighted by Gasteiger charge is 2.32. The number of benzene rings is 1. The Bertz CT molecular complexity index is 1010. The molecule has 0 unspecified atom stereocenters. The maximum absolute atomic E-state index is 12.8. The van der Waals surface area contributed by atoms with Gasteiger partial charge in [0, 0.05) is 38.4 Å². The molecule has 0 atom stereocenters. The fraction of sp³-hybridized carbons (Fsp3) is 0.333. The molecule has 1 fully saturated rings. The first-order chi connectivity index (χ1) is 14.1. The summed E-state index contributed by atoms with van der Waals surface area (Å²) in [6, 6.07) is 8.61. The molecule has 1 aliphatic heterocycles. The molecule has 2 aromatic rings. The highest BCUT2D eigenvalue weighted by molar-refractivity contribution is 7.89. The molecular weight excluding hydrogens is 447 g/mol. The Labute approximate surface area is 176 Å². The lowest BCUT2D eigenvalue weighted by atomic mass is 10.2. The van der Waals surface area contributed by atoms with Gasteiger partial charge in [0.25, 0.3) is 5.91 Å². The van der Waals surface area contributed by atoms with E-state index in [0.29, 0.717) is 0 Å². The zero-order chi connectivity index (χ0) is 21.9. The minimum absolute atomic E-state index is 0.00471. The van der Waals surface area contributed by atoms with Crippen LogP contribution >= 0.6 is 11.6 Å². The summed E-state index contributed by atoms with van der Waals surface area (Å²) in [5.41, 5.74) is 0.164. The van der Waals surface area contributed by atoms with E-state index in [0.717, 1.165) is 6.20 Å². The van der Waals surface area contributed by atoms with Gasteiger partial charge in [0.15, 0.2) is 6.61 Å². The molecule has 3 rings (SSSR count). The van der Waals surface area contributed by atoms with Crippen molar-refractivity contribution in [1.29, 1.82) is 0 Å². The van der Waals surface area contributed by atoms with Crippen LogP contribution in [0, 0.1) is 0 Å². The number of rotatable bonds is 5. The molecule has 1 aliphatic rings. The van der Waals surface area contributed by atoms with Gasteiger partial charge >= 0.3 is 6.18 Å². The molecule has 12 heteroatoms. The largest absolute Gasteiger partial charge is 0.468 e. The molecule has 0 N–H and O–H groups in total. The predicted molar refractivity (Wildman–Crippen MR) is 102 cm³/mol. The average molecular weight is 464 g/mol. The molecule has 0 aliphatic carbocycles. The van der Waals surface area contributed by atoms with Crippen molar-refractivity contribution in [2.45, 2.75) is 11.1 Å². The van der Waals surface area contributed by atoms with Crippen LogP contribution in [0.15, 0.2) is 47.5 Å². The number of nitrogens with zero attached hydrogens (tertiary/aromatic N) is 3. The van der Waals surface area contributed by atoms with E-state index in [1.165, 1.54) is 33.5 Å². The van der Waals surface area contributed by atoms with Gasteiger partial charge in [-0.25, -0.2) is 13.4 Å². The second kappa shape index (κ2) is 8.78.